The van der Waals surface area contributed by atoms with Crippen molar-refractivity contribution in [1.29, 1.82) is 0 Å². The van der Waals surface area contributed by atoms with Crippen LogP contribution in [0.3, 0.4) is 0 Å². The monoisotopic (exact) mass is 415 g/mol. The van der Waals surface area contributed by atoms with Gasteiger partial charge in [-0.1, -0.05) is 41.6 Å². The first kappa shape index (κ1) is 20.0. The SMILES string of the molecule is CCOC(=O)C1=C(O)C(=Cc2ccc(OC)cc2)SC1=Nc1cccc(Cl)c1. The number of methoxy groups -OCH3 is 1. The van der Waals surface area contributed by atoms with Gasteiger partial charge >= 0.3 is 5.97 Å². The van der Waals surface area contributed by atoms with Crippen LogP contribution in [-0.4, -0.2) is 29.8 Å². The smallest absolute Gasteiger partial charge is 0.344 e. The lowest BCUT2D eigenvalue weighted by Crippen LogP contribution is -2.12. The average molecular weight is 416 g/mol. The van der Waals surface area contributed by atoms with E-state index in [9.17, 15) is 9.90 Å². The molecule has 0 atom stereocenters. The molecular weight excluding hydrogens is 398 g/mol. The van der Waals surface area contributed by atoms with Crippen molar-refractivity contribution in [2.24, 2.45) is 4.99 Å². The van der Waals surface area contributed by atoms with Gasteiger partial charge in [-0.25, -0.2) is 9.79 Å². The maximum absolute atomic E-state index is 12.4. The Kier molecular flexibility index (Phi) is 6.44. The first-order chi connectivity index (χ1) is 13.5. The minimum absolute atomic E-state index is 0.0478. The number of aliphatic hydroxyl groups excluding tert-OH is 1. The van der Waals surface area contributed by atoms with Crippen LogP contribution in [-0.2, 0) is 9.53 Å². The molecule has 1 heterocycles. The molecule has 2 aromatic rings. The van der Waals surface area contributed by atoms with Crippen molar-refractivity contribution in [3.63, 3.8) is 0 Å². The van der Waals surface area contributed by atoms with Crippen molar-refractivity contribution in [1.82, 2.24) is 0 Å². The van der Waals surface area contributed by atoms with E-state index >= 15 is 0 Å². The van der Waals surface area contributed by atoms with Crippen LogP contribution in [0, 0.1) is 0 Å². The highest BCUT2D eigenvalue weighted by molar-refractivity contribution is 8.18. The van der Waals surface area contributed by atoms with Gasteiger partial charge in [-0.15, -0.1) is 0 Å². The molecule has 0 spiro atoms. The van der Waals surface area contributed by atoms with Crippen molar-refractivity contribution >= 4 is 46.1 Å². The summed E-state index contributed by atoms with van der Waals surface area (Å²) >= 11 is 7.22. The van der Waals surface area contributed by atoms with E-state index in [1.807, 2.05) is 24.3 Å². The second-order valence-electron chi connectivity index (χ2n) is 5.72. The molecule has 3 rings (SSSR count). The molecule has 28 heavy (non-hydrogen) atoms. The molecule has 0 aromatic heterocycles. The summed E-state index contributed by atoms with van der Waals surface area (Å²) in [5.41, 5.74) is 1.48. The van der Waals surface area contributed by atoms with Crippen molar-refractivity contribution in [2.45, 2.75) is 6.92 Å². The van der Waals surface area contributed by atoms with Crippen LogP contribution < -0.4 is 4.74 Å². The summed E-state index contributed by atoms with van der Waals surface area (Å²) in [6.07, 6.45) is 1.78. The third-order valence-corrected chi connectivity index (χ3v) is 5.08. The van der Waals surface area contributed by atoms with Crippen molar-refractivity contribution < 1.29 is 19.4 Å². The highest BCUT2D eigenvalue weighted by Gasteiger charge is 2.33. The van der Waals surface area contributed by atoms with Gasteiger partial charge < -0.3 is 14.6 Å². The zero-order chi connectivity index (χ0) is 20.1. The van der Waals surface area contributed by atoms with E-state index in [4.69, 9.17) is 21.1 Å². The number of ether oxygens (including phenoxy) is 2. The van der Waals surface area contributed by atoms with Gasteiger partial charge in [0.15, 0.2) is 0 Å². The summed E-state index contributed by atoms with van der Waals surface area (Å²) in [4.78, 5) is 17.4. The fourth-order valence-electron chi connectivity index (χ4n) is 2.51. The Morgan fingerprint density at radius 1 is 1.25 bits per heavy atom. The fourth-order valence-corrected chi connectivity index (χ4v) is 3.73. The predicted molar refractivity (Wildman–Crippen MR) is 113 cm³/mol. The number of benzene rings is 2. The van der Waals surface area contributed by atoms with E-state index in [-0.39, 0.29) is 17.9 Å². The molecule has 0 fully saturated rings. The standard InChI is InChI=1S/C21H18ClNO4S/c1-3-27-21(25)18-19(24)17(11-13-7-9-16(26-2)10-8-13)28-20(18)23-15-6-4-5-14(22)12-15/h4-12,24H,3H2,1-2H3. The van der Waals surface area contributed by atoms with E-state index in [1.165, 1.54) is 11.8 Å². The van der Waals surface area contributed by atoms with Crippen LogP contribution in [0.15, 0.2) is 69.8 Å². The van der Waals surface area contributed by atoms with Crippen molar-refractivity contribution in [2.75, 3.05) is 13.7 Å². The minimum atomic E-state index is -0.619. The summed E-state index contributed by atoms with van der Waals surface area (Å²) in [5.74, 6) is -0.0390. The topological polar surface area (TPSA) is 68.1 Å². The molecule has 0 radical (unpaired) electrons. The molecule has 1 aliphatic heterocycles. The Balaban J connectivity index is 2.01. The molecule has 1 aliphatic rings. The number of nitrogens with zero attached hydrogens (tertiary/aromatic N) is 1. The summed E-state index contributed by atoms with van der Waals surface area (Å²) in [7, 11) is 1.60. The minimum Gasteiger partial charge on any atom is -0.506 e. The number of rotatable bonds is 5. The molecule has 0 saturated carbocycles. The Morgan fingerprint density at radius 2 is 2.00 bits per heavy atom. The summed E-state index contributed by atoms with van der Waals surface area (Å²) in [6.45, 7) is 1.90. The Morgan fingerprint density at radius 3 is 2.64 bits per heavy atom. The van der Waals surface area contributed by atoms with Crippen molar-refractivity contribution in [3.05, 3.63) is 75.4 Å². The van der Waals surface area contributed by atoms with Crippen LogP contribution in [0.2, 0.25) is 5.02 Å². The normalized spacial score (nSPS) is 16.7. The second kappa shape index (κ2) is 8.99. The third-order valence-electron chi connectivity index (χ3n) is 3.82. The van der Waals surface area contributed by atoms with Crippen LogP contribution in [0.5, 0.6) is 5.75 Å². The zero-order valence-corrected chi connectivity index (χ0v) is 16.9. The maximum Gasteiger partial charge on any atom is 0.344 e. The number of aliphatic hydroxyl groups is 1. The number of carbonyl (C=O) groups is 1. The van der Waals surface area contributed by atoms with E-state index in [2.05, 4.69) is 4.99 Å². The summed E-state index contributed by atoms with van der Waals surface area (Å²) in [5, 5.41) is 11.6. The summed E-state index contributed by atoms with van der Waals surface area (Å²) < 4.78 is 10.2. The average Bonchev–Trinajstić information content (AvgIpc) is 2.97. The van der Waals surface area contributed by atoms with E-state index in [1.54, 1.807) is 44.4 Å². The molecule has 144 valence electrons. The third kappa shape index (κ3) is 4.58. The number of carbonyl (C=O) groups excluding carboxylic acids is 1. The first-order valence-corrected chi connectivity index (χ1v) is 9.70. The fraction of sp³-hybridized carbons (Fsp3) is 0.143. The molecule has 0 saturated heterocycles. The van der Waals surface area contributed by atoms with Gasteiger partial charge in [0, 0.05) is 5.02 Å². The van der Waals surface area contributed by atoms with E-state index in [0.29, 0.717) is 20.7 Å². The molecule has 2 aromatic carbocycles. The lowest BCUT2D eigenvalue weighted by molar-refractivity contribution is -0.138. The molecule has 0 unspecified atom stereocenters. The van der Waals surface area contributed by atoms with E-state index in [0.717, 1.165) is 11.3 Å². The summed E-state index contributed by atoms with van der Waals surface area (Å²) in [6, 6.07) is 14.3. The number of thioether (sulfide) groups is 1. The second-order valence-corrected chi connectivity index (χ2v) is 7.19. The van der Waals surface area contributed by atoms with Crippen LogP contribution in [0.25, 0.3) is 6.08 Å². The van der Waals surface area contributed by atoms with Gasteiger partial charge in [-0.05, 0) is 48.9 Å². The number of hydrogen-bond acceptors (Lipinski definition) is 6. The Bertz CT molecular complexity index is 980. The molecule has 0 aliphatic carbocycles. The van der Waals surface area contributed by atoms with Gasteiger partial charge in [0.05, 0.1) is 24.3 Å². The van der Waals surface area contributed by atoms with Crippen molar-refractivity contribution in [3.8, 4) is 5.75 Å². The van der Waals surface area contributed by atoms with Gasteiger partial charge in [0.1, 0.15) is 22.1 Å². The molecule has 5 nitrogen and oxygen atoms in total. The zero-order valence-electron chi connectivity index (χ0n) is 15.3. The molecule has 7 heteroatoms. The van der Waals surface area contributed by atoms with Gasteiger partial charge in [0.2, 0.25) is 0 Å². The molecule has 1 N–H and O–H groups in total. The predicted octanol–water partition coefficient (Wildman–Crippen LogP) is 5.54. The van der Waals surface area contributed by atoms with Gasteiger partial charge in [-0.3, -0.25) is 0 Å². The number of hydrogen-bond donors (Lipinski definition) is 1. The molecule has 0 amide bonds. The number of halogens is 1. The lowest BCUT2D eigenvalue weighted by atomic mass is 10.1. The van der Waals surface area contributed by atoms with E-state index < -0.39 is 5.97 Å². The van der Waals surface area contributed by atoms with Crippen LogP contribution in [0.4, 0.5) is 5.69 Å². The highest BCUT2D eigenvalue weighted by Crippen LogP contribution is 2.40. The Labute approximate surface area is 172 Å². The molecule has 0 bridgehead atoms. The van der Waals surface area contributed by atoms with Crippen LogP contribution >= 0.6 is 23.4 Å². The maximum atomic E-state index is 12.4. The largest absolute Gasteiger partial charge is 0.506 e. The quantitative estimate of drug-likeness (QED) is 0.649. The first-order valence-electron chi connectivity index (χ1n) is 8.50. The van der Waals surface area contributed by atoms with Gasteiger partial charge in [-0.2, -0.15) is 0 Å². The Hall–Kier alpha value is -2.70. The van der Waals surface area contributed by atoms with Crippen LogP contribution in [0.1, 0.15) is 12.5 Å². The van der Waals surface area contributed by atoms with Gasteiger partial charge in [0.25, 0.3) is 0 Å². The molecular formula is C21H18ClNO4S. The number of esters is 1. The highest BCUT2D eigenvalue weighted by atomic mass is 35.5. The lowest BCUT2D eigenvalue weighted by Gasteiger charge is -2.04. The number of aliphatic imine (C=N–C) groups is 1.